The Hall–Kier alpha value is -1.89. The molecule has 0 aliphatic carbocycles. The van der Waals surface area contributed by atoms with Gasteiger partial charge in [-0.05, 0) is 28.1 Å². The van der Waals surface area contributed by atoms with Crippen LogP contribution in [0, 0.1) is 5.82 Å². The van der Waals surface area contributed by atoms with E-state index in [-0.39, 0.29) is 22.8 Å². The largest absolute Gasteiger partial charge is 0.494 e. The van der Waals surface area contributed by atoms with Crippen molar-refractivity contribution < 1.29 is 23.6 Å². The van der Waals surface area contributed by atoms with Gasteiger partial charge in [-0.25, -0.2) is 9.18 Å². The van der Waals surface area contributed by atoms with Crippen LogP contribution in [0.25, 0.3) is 11.3 Å². The second kappa shape index (κ2) is 4.77. The molecule has 1 N–H and O–H groups in total. The van der Waals surface area contributed by atoms with Gasteiger partial charge in [-0.15, -0.1) is 0 Å². The molecule has 18 heavy (non-hydrogen) atoms. The number of carboxylic acid groups (broad SMARTS) is 1. The molecular weight excluding hydrogens is 309 g/mol. The van der Waals surface area contributed by atoms with Gasteiger partial charge in [-0.1, -0.05) is 5.16 Å². The Morgan fingerprint density at radius 2 is 2.28 bits per heavy atom. The van der Waals surface area contributed by atoms with Crippen LogP contribution in [0.15, 0.2) is 27.2 Å². The van der Waals surface area contributed by atoms with Crippen molar-refractivity contribution >= 4 is 21.9 Å². The van der Waals surface area contributed by atoms with Crippen LogP contribution >= 0.6 is 15.9 Å². The molecule has 0 fully saturated rings. The lowest BCUT2D eigenvalue weighted by Gasteiger charge is -2.06. The molecule has 0 spiro atoms. The van der Waals surface area contributed by atoms with Crippen molar-refractivity contribution in [3.05, 3.63) is 34.2 Å². The summed E-state index contributed by atoms with van der Waals surface area (Å²) in [5.41, 5.74) is -0.228. The zero-order valence-corrected chi connectivity index (χ0v) is 10.7. The Bertz CT molecular complexity index is 611. The summed E-state index contributed by atoms with van der Waals surface area (Å²) >= 11 is 3.16. The van der Waals surface area contributed by atoms with Gasteiger partial charge in [0.1, 0.15) is 0 Å². The Labute approximate surface area is 109 Å². The highest BCUT2D eigenvalue weighted by Gasteiger charge is 2.20. The third-order valence-corrected chi connectivity index (χ3v) is 2.91. The minimum absolute atomic E-state index is 0.00988. The first kappa shape index (κ1) is 12.6. The van der Waals surface area contributed by atoms with Gasteiger partial charge in [0, 0.05) is 10.5 Å². The first-order chi connectivity index (χ1) is 8.54. The molecule has 2 rings (SSSR count). The fourth-order valence-electron chi connectivity index (χ4n) is 1.41. The molecule has 0 aliphatic rings. The second-order valence-electron chi connectivity index (χ2n) is 3.32. The number of methoxy groups -OCH3 is 1. The number of halogens is 2. The average Bonchev–Trinajstić information content (AvgIpc) is 2.79. The average molecular weight is 316 g/mol. The van der Waals surface area contributed by atoms with Crippen LogP contribution < -0.4 is 4.74 Å². The van der Waals surface area contributed by atoms with Crippen LogP contribution in [0.5, 0.6) is 5.75 Å². The molecule has 0 amide bonds. The van der Waals surface area contributed by atoms with Crippen LogP contribution in [-0.4, -0.2) is 23.3 Å². The van der Waals surface area contributed by atoms with Crippen molar-refractivity contribution in [2.75, 3.05) is 7.11 Å². The Morgan fingerprint density at radius 3 is 2.83 bits per heavy atom. The summed E-state index contributed by atoms with van der Waals surface area (Å²) in [7, 11) is 1.33. The van der Waals surface area contributed by atoms with Crippen LogP contribution in [0.2, 0.25) is 0 Å². The predicted octanol–water partition coefficient (Wildman–Crippen LogP) is 2.95. The number of carbonyl (C=O) groups is 1. The maximum atomic E-state index is 14.0. The fourth-order valence-corrected chi connectivity index (χ4v) is 1.91. The SMILES string of the molecule is COc1ccc(Br)c(-c2cc(C(=O)O)no2)c1F. The molecule has 0 bridgehead atoms. The number of aromatic carboxylic acids is 1. The normalized spacial score (nSPS) is 10.4. The maximum absolute atomic E-state index is 14.0. The van der Waals surface area contributed by atoms with Gasteiger partial charge in [-0.2, -0.15) is 0 Å². The van der Waals surface area contributed by atoms with Crippen LogP contribution in [-0.2, 0) is 0 Å². The zero-order valence-electron chi connectivity index (χ0n) is 9.11. The van der Waals surface area contributed by atoms with Crippen LogP contribution in [0.3, 0.4) is 0 Å². The summed E-state index contributed by atoms with van der Waals surface area (Å²) < 4.78 is 24.1. The van der Waals surface area contributed by atoms with Crippen molar-refractivity contribution in [3.8, 4) is 17.1 Å². The highest BCUT2D eigenvalue weighted by atomic mass is 79.9. The lowest BCUT2D eigenvalue weighted by Crippen LogP contribution is -1.95. The van der Waals surface area contributed by atoms with Gasteiger partial charge in [0.25, 0.3) is 0 Å². The van der Waals surface area contributed by atoms with Crippen LogP contribution in [0.1, 0.15) is 10.5 Å². The van der Waals surface area contributed by atoms with E-state index in [1.165, 1.54) is 13.2 Å². The van der Waals surface area contributed by atoms with Crippen LogP contribution in [0.4, 0.5) is 4.39 Å². The molecular formula is C11H7BrFNO4. The lowest BCUT2D eigenvalue weighted by molar-refractivity contribution is 0.0686. The summed E-state index contributed by atoms with van der Waals surface area (Å²) in [6.45, 7) is 0. The summed E-state index contributed by atoms with van der Waals surface area (Å²) in [6, 6.07) is 4.16. The van der Waals surface area contributed by atoms with Gasteiger partial charge < -0.3 is 14.4 Å². The summed E-state index contributed by atoms with van der Waals surface area (Å²) in [5, 5.41) is 12.1. The van der Waals surface area contributed by atoms with E-state index < -0.39 is 11.8 Å². The molecule has 1 aromatic carbocycles. The Morgan fingerprint density at radius 1 is 1.56 bits per heavy atom. The highest BCUT2D eigenvalue weighted by molar-refractivity contribution is 9.10. The van der Waals surface area contributed by atoms with E-state index in [9.17, 15) is 9.18 Å². The molecule has 0 radical (unpaired) electrons. The molecule has 0 saturated heterocycles. The first-order valence-electron chi connectivity index (χ1n) is 4.77. The summed E-state index contributed by atoms with van der Waals surface area (Å²) in [4.78, 5) is 10.7. The quantitative estimate of drug-likeness (QED) is 0.942. The van der Waals surface area contributed by atoms with Gasteiger partial charge in [0.05, 0.1) is 12.7 Å². The van der Waals surface area contributed by atoms with E-state index in [1.54, 1.807) is 6.07 Å². The number of hydrogen-bond donors (Lipinski definition) is 1. The molecule has 7 heteroatoms. The van der Waals surface area contributed by atoms with Gasteiger partial charge >= 0.3 is 5.97 Å². The zero-order chi connectivity index (χ0) is 13.3. The number of hydrogen-bond acceptors (Lipinski definition) is 4. The standard InChI is InChI=1S/C11H7BrFNO4/c1-17-7-3-2-5(12)9(10(7)13)8-4-6(11(15)16)14-18-8/h2-4H,1H3,(H,15,16). The number of rotatable bonds is 3. The number of nitrogens with zero attached hydrogens (tertiary/aromatic N) is 1. The summed E-state index contributed by atoms with van der Waals surface area (Å²) in [6.07, 6.45) is 0. The number of aromatic nitrogens is 1. The van der Waals surface area contributed by atoms with E-state index in [1.807, 2.05) is 0 Å². The topological polar surface area (TPSA) is 72.6 Å². The monoisotopic (exact) mass is 315 g/mol. The Balaban J connectivity index is 2.58. The number of benzene rings is 1. The molecule has 0 unspecified atom stereocenters. The van der Waals surface area contributed by atoms with Crippen molar-refractivity contribution in [2.45, 2.75) is 0 Å². The fraction of sp³-hybridized carbons (Fsp3) is 0.0909. The number of ether oxygens (including phenoxy) is 1. The second-order valence-corrected chi connectivity index (χ2v) is 4.17. The third kappa shape index (κ3) is 2.08. The van der Waals surface area contributed by atoms with E-state index in [2.05, 4.69) is 21.1 Å². The third-order valence-electron chi connectivity index (χ3n) is 2.25. The molecule has 94 valence electrons. The van der Waals surface area contributed by atoms with Gasteiger partial charge in [0.15, 0.2) is 23.0 Å². The number of carboxylic acids is 1. The molecule has 0 atom stereocenters. The van der Waals surface area contributed by atoms with E-state index in [0.29, 0.717) is 4.47 Å². The smallest absolute Gasteiger partial charge is 0.358 e. The van der Waals surface area contributed by atoms with Crippen molar-refractivity contribution in [2.24, 2.45) is 0 Å². The lowest BCUT2D eigenvalue weighted by atomic mass is 10.1. The van der Waals surface area contributed by atoms with E-state index in [0.717, 1.165) is 6.07 Å². The van der Waals surface area contributed by atoms with Crippen molar-refractivity contribution in [3.63, 3.8) is 0 Å². The molecule has 1 heterocycles. The molecule has 5 nitrogen and oxygen atoms in total. The Kier molecular flexibility index (Phi) is 3.33. The van der Waals surface area contributed by atoms with E-state index >= 15 is 0 Å². The predicted molar refractivity (Wildman–Crippen MR) is 63.1 cm³/mol. The summed E-state index contributed by atoms with van der Waals surface area (Å²) in [5.74, 6) is -1.86. The highest BCUT2D eigenvalue weighted by Crippen LogP contribution is 2.35. The minimum atomic E-state index is -1.25. The van der Waals surface area contributed by atoms with Gasteiger partial charge in [0.2, 0.25) is 0 Å². The van der Waals surface area contributed by atoms with Crippen molar-refractivity contribution in [1.29, 1.82) is 0 Å². The minimum Gasteiger partial charge on any atom is -0.494 e. The molecule has 0 aliphatic heterocycles. The van der Waals surface area contributed by atoms with Gasteiger partial charge in [-0.3, -0.25) is 0 Å². The molecule has 2 aromatic rings. The molecule has 1 aromatic heterocycles. The van der Waals surface area contributed by atoms with E-state index in [4.69, 9.17) is 14.4 Å². The maximum Gasteiger partial charge on any atom is 0.358 e. The molecule has 0 saturated carbocycles. The van der Waals surface area contributed by atoms with Crippen molar-refractivity contribution in [1.82, 2.24) is 5.16 Å². The first-order valence-corrected chi connectivity index (χ1v) is 5.56.